The molecular formula is C24H26N2O3S. The van der Waals surface area contributed by atoms with E-state index in [9.17, 15) is 4.79 Å². The number of amides is 1. The van der Waals surface area contributed by atoms with Crippen LogP contribution in [0.1, 0.15) is 32.2 Å². The van der Waals surface area contributed by atoms with Crippen molar-refractivity contribution in [2.75, 3.05) is 19.8 Å². The Morgan fingerprint density at radius 2 is 2.13 bits per heavy atom. The van der Waals surface area contributed by atoms with Crippen molar-refractivity contribution in [2.24, 2.45) is 5.92 Å². The molecule has 0 aliphatic carbocycles. The molecule has 1 saturated heterocycles. The summed E-state index contributed by atoms with van der Waals surface area (Å²) in [4.78, 5) is 21.3. The van der Waals surface area contributed by atoms with E-state index in [0.29, 0.717) is 25.6 Å². The van der Waals surface area contributed by atoms with Crippen LogP contribution in [0.4, 0.5) is 0 Å². The van der Waals surface area contributed by atoms with E-state index in [0.717, 1.165) is 46.4 Å². The van der Waals surface area contributed by atoms with Crippen molar-refractivity contribution >= 4 is 17.2 Å². The largest absolute Gasteiger partial charge is 0.493 e. The third-order valence-electron chi connectivity index (χ3n) is 5.10. The lowest BCUT2D eigenvalue weighted by Crippen LogP contribution is -2.30. The van der Waals surface area contributed by atoms with Gasteiger partial charge in [-0.25, -0.2) is 0 Å². The number of aromatic nitrogens is 1. The molecule has 1 atom stereocenters. The van der Waals surface area contributed by atoms with Crippen molar-refractivity contribution in [3.05, 3.63) is 81.8 Å². The summed E-state index contributed by atoms with van der Waals surface area (Å²) < 4.78 is 11.4. The second-order valence-electron chi connectivity index (χ2n) is 7.58. The molecule has 5 nitrogen and oxygen atoms in total. The summed E-state index contributed by atoms with van der Waals surface area (Å²) in [6, 6.07) is 17.7. The maximum absolute atomic E-state index is 13.2. The number of carbonyl (C=O) groups excluding carboxylic acids is 1. The molecule has 30 heavy (non-hydrogen) atoms. The van der Waals surface area contributed by atoms with Crippen molar-refractivity contribution in [1.82, 2.24) is 9.88 Å². The highest BCUT2D eigenvalue weighted by molar-refractivity contribution is 7.13. The number of aryl methyl sites for hydroxylation is 1. The van der Waals surface area contributed by atoms with Crippen LogP contribution in [0, 0.1) is 12.8 Å². The zero-order chi connectivity index (χ0) is 20.8. The van der Waals surface area contributed by atoms with E-state index in [1.807, 2.05) is 66.4 Å². The highest BCUT2D eigenvalue weighted by atomic mass is 32.1. The fourth-order valence-corrected chi connectivity index (χ4v) is 4.31. The van der Waals surface area contributed by atoms with Crippen LogP contribution in [-0.4, -0.2) is 35.6 Å². The zero-order valence-electron chi connectivity index (χ0n) is 17.1. The van der Waals surface area contributed by atoms with Gasteiger partial charge < -0.3 is 14.4 Å². The van der Waals surface area contributed by atoms with Crippen molar-refractivity contribution < 1.29 is 14.3 Å². The summed E-state index contributed by atoms with van der Waals surface area (Å²) in [6.45, 7) is 5.22. The molecule has 1 aliphatic heterocycles. The molecule has 156 valence electrons. The summed E-state index contributed by atoms with van der Waals surface area (Å²) in [6.07, 6.45) is 2.81. The first-order valence-corrected chi connectivity index (χ1v) is 11.0. The second-order valence-corrected chi connectivity index (χ2v) is 8.87. The zero-order valence-corrected chi connectivity index (χ0v) is 17.9. The van der Waals surface area contributed by atoms with E-state index in [-0.39, 0.29) is 5.91 Å². The standard InChI is InChI=1S/C24H26N2O3S/c1-18-8-9-23(30-18)24(27)26(15-21-6-2-3-11-25-21)14-19-5-4-7-22(13-19)29-17-20-10-12-28-16-20/h2-9,11,13,20H,10,12,14-17H2,1H3/t20-/m0/s1. The van der Waals surface area contributed by atoms with Gasteiger partial charge in [0.1, 0.15) is 5.75 Å². The summed E-state index contributed by atoms with van der Waals surface area (Å²) in [5.74, 6) is 1.31. The lowest BCUT2D eigenvalue weighted by molar-refractivity contribution is 0.0732. The van der Waals surface area contributed by atoms with Crippen LogP contribution < -0.4 is 4.74 Å². The molecule has 3 heterocycles. The van der Waals surface area contributed by atoms with E-state index in [2.05, 4.69) is 4.98 Å². The Morgan fingerprint density at radius 1 is 1.20 bits per heavy atom. The normalized spacial score (nSPS) is 15.8. The van der Waals surface area contributed by atoms with Gasteiger partial charge >= 0.3 is 0 Å². The fourth-order valence-electron chi connectivity index (χ4n) is 3.47. The Labute approximate surface area is 181 Å². The molecule has 0 N–H and O–H groups in total. The molecule has 4 rings (SSSR count). The maximum Gasteiger partial charge on any atom is 0.264 e. The van der Waals surface area contributed by atoms with Gasteiger partial charge in [-0.05, 0) is 55.3 Å². The van der Waals surface area contributed by atoms with Gasteiger partial charge in [-0.15, -0.1) is 11.3 Å². The number of ether oxygens (including phenoxy) is 2. The van der Waals surface area contributed by atoms with E-state index in [4.69, 9.17) is 9.47 Å². The highest BCUT2D eigenvalue weighted by Crippen LogP contribution is 2.22. The average Bonchev–Trinajstić information content (AvgIpc) is 3.44. The number of benzene rings is 1. The van der Waals surface area contributed by atoms with Crippen LogP contribution in [-0.2, 0) is 17.8 Å². The molecular weight excluding hydrogens is 396 g/mol. The molecule has 0 unspecified atom stereocenters. The minimum atomic E-state index is 0.0215. The summed E-state index contributed by atoms with van der Waals surface area (Å²) >= 11 is 1.52. The molecule has 0 bridgehead atoms. The van der Waals surface area contributed by atoms with Crippen LogP contribution in [0.15, 0.2) is 60.8 Å². The fraction of sp³-hybridized carbons (Fsp3) is 0.333. The van der Waals surface area contributed by atoms with Gasteiger partial charge in [-0.1, -0.05) is 18.2 Å². The van der Waals surface area contributed by atoms with Gasteiger partial charge in [0.15, 0.2) is 0 Å². The Morgan fingerprint density at radius 3 is 2.87 bits per heavy atom. The molecule has 1 fully saturated rings. The summed E-state index contributed by atoms with van der Waals surface area (Å²) in [5.41, 5.74) is 1.90. The minimum absolute atomic E-state index is 0.0215. The number of carbonyl (C=O) groups is 1. The molecule has 0 radical (unpaired) electrons. The van der Waals surface area contributed by atoms with Crippen LogP contribution in [0.5, 0.6) is 5.75 Å². The van der Waals surface area contributed by atoms with Gasteiger partial charge in [0.05, 0.1) is 30.3 Å². The molecule has 1 aliphatic rings. The Balaban J connectivity index is 1.49. The van der Waals surface area contributed by atoms with Crippen molar-refractivity contribution in [1.29, 1.82) is 0 Å². The quantitative estimate of drug-likeness (QED) is 0.528. The van der Waals surface area contributed by atoms with Crippen LogP contribution in [0.3, 0.4) is 0 Å². The SMILES string of the molecule is Cc1ccc(C(=O)N(Cc2cccc(OC[C@H]3CCOC3)c2)Cc2ccccn2)s1. The topological polar surface area (TPSA) is 51.7 Å². The Bertz CT molecular complexity index is 967. The van der Waals surface area contributed by atoms with Gasteiger partial charge in [0, 0.05) is 30.1 Å². The number of hydrogen-bond donors (Lipinski definition) is 0. The van der Waals surface area contributed by atoms with E-state index in [1.54, 1.807) is 6.20 Å². The molecule has 1 amide bonds. The number of nitrogens with zero attached hydrogens (tertiary/aromatic N) is 2. The predicted molar refractivity (Wildman–Crippen MR) is 118 cm³/mol. The molecule has 1 aromatic carbocycles. The smallest absolute Gasteiger partial charge is 0.264 e. The van der Waals surface area contributed by atoms with E-state index >= 15 is 0 Å². The molecule has 3 aromatic rings. The minimum Gasteiger partial charge on any atom is -0.493 e. The lowest BCUT2D eigenvalue weighted by atomic mass is 10.1. The number of thiophene rings is 1. The molecule has 0 spiro atoms. The molecule has 2 aromatic heterocycles. The van der Waals surface area contributed by atoms with E-state index < -0.39 is 0 Å². The average molecular weight is 423 g/mol. The first-order chi connectivity index (χ1) is 14.7. The van der Waals surface area contributed by atoms with Crippen LogP contribution in [0.25, 0.3) is 0 Å². The third kappa shape index (κ3) is 5.46. The van der Waals surface area contributed by atoms with Crippen LogP contribution in [0.2, 0.25) is 0 Å². The first kappa shape index (κ1) is 20.6. The van der Waals surface area contributed by atoms with E-state index in [1.165, 1.54) is 11.3 Å². The Hall–Kier alpha value is -2.70. The van der Waals surface area contributed by atoms with Gasteiger partial charge in [-0.3, -0.25) is 9.78 Å². The number of pyridine rings is 1. The predicted octanol–water partition coefficient (Wildman–Crippen LogP) is 4.71. The summed E-state index contributed by atoms with van der Waals surface area (Å²) in [7, 11) is 0. The van der Waals surface area contributed by atoms with Crippen molar-refractivity contribution in [2.45, 2.75) is 26.4 Å². The first-order valence-electron chi connectivity index (χ1n) is 10.2. The number of hydrogen-bond acceptors (Lipinski definition) is 5. The second kappa shape index (κ2) is 9.87. The lowest BCUT2D eigenvalue weighted by Gasteiger charge is -2.22. The molecule has 0 saturated carbocycles. The highest BCUT2D eigenvalue weighted by Gasteiger charge is 2.20. The van der Waals surface area contributed by atoms with Crippen molar-refractivity contribution in [3.8, 4) is 5.75 Å². The Kier molecular flexibility index (Phi) is 6.77. The van der Waals surface area contributed by atoms with Crippen molar-refractivity contribution in [3.63, 3.8) is 0 Å². The van der Waals surface area contributed by atoms with Gasteiger partial charge in [0.2, 0.25) is 0 Å². The summed E-state index contributed by atoms with van der Waals surface area (Å²) in [5, 5.41) is 0. The van der Waals surface area contributed by atoms with Gasteiger partial charge in [-0.2, -0.15) is 0 Å². The van der Waals surface area contributed by atoms with Crippen LogP contribution >= 0.6 is 11.3 Å². The maximum atomic E-state index is 13.2. The monoisotopic (exact) mass is 422 g/mol. The third-order valence-corrected chi connectivity index (χ3v) is 6.09. The van der Waals surface area contributed by atoms with Gasteiger partial charge in [0.25, 0.3) is 5.91 Å². The molecule has 6 heteroatoms. The number of rotatable bonds is 8.